The summed E-state index contributed by atoms with van der Waals surface area (Å²) in [6.45, 7) is 1.07. The van der Waals surface area contributed by atoms with Gasteiger partial charge in [-0.3, -0.25) is 9.78 Å². The molecule has 1 aliphatic heterocycles. The lowest BCUT2D eigenvalue weighted by Gasteiger charge is -2.16. The first-order chi connectivity index (χ1) is 10.2. The summed E-state index contributed by atoms with van der Waals surface area (Å²) in [5.41, 5.74) is 0.382. The molecule has 2 aromatic heterocycles. The third-order valence-electron chi connectivity index (χ3n) is 3.28. The molecule has 0 radical (unpaired) electrons. The number of hydrogen-bond acceptors (Lipinski definition) is 5. The van der Waals surface area contributed by atoms with Gasteiger partial charge in [0, 0.05) is 31.4 Å². The second kappa shape index (κ2) is 5.74. The predicted octanol–water partition coefficient (Wildman–Crippen LogP) is 0.403. The number of amides is 1. The van der Waals surface area contributed by atoms with Crippen LogP contribution in [0.4, 0.5) is 0 Å². The van der Waals surface area contributed by atoms with E-state index >= 15 is 0 Å². The molecule has 1 fully saturated rings. The van der Waals surface area contributed by atoms with Crippen LogP contribution in [0.1, 0.15) is 16.8 Å². The standard InChI is InChI=1S/C14H14N4O3/c19-14(11-2-1-6-18(20)9-11)17-7-3-12(10-17)21-13-8-15-4-5-16-13/h1-2,4-6,8-9,12H,3,7,10H2. The van der Waals surface area contributed by atoms with Gasteiger partial charge in [-0.1, -0.05) is 0 Å². The molecule has 1 atom stereocenters. The van der Waals surface area contributed by atoms with Gasteiger partial charge in [0.15, 0.2) is 12.4 Å². The summed E-state index contributed by atoms with van der Waals surface area (Å²) in [5.74, 6) is 0.291. The minimum Gasteiger partial charge on any atom is -0.619 e. The first-order valence-electron chi connectivity index (χ1n) is 6.63. The molecule has 1 saturated heterocycles. The van der Waals surface area contributed by atoms with Crippen LogP contribution < -0.4 is 9.47 Å². The highest BCUT2D eigenvalue weighted by Crippen LogP contribution is 2.17. The van der Waals surface area contributed by atoms with Crippen molar-refractivity contribution in [3.63, 3.8) is 0 Å². The highest BCUT2D eigenvalue weighted by Gasteiger charge is 2.29. The highest BCUT2D eigenvalue weighted by molar-refractivity contribution is 5.93. The van der Waals surface area contributed by atoms with Crippen LogP contribution >= 0.6 is 0 Å². The number of aromatic nitrogens is 3. The van der Waals surface area contributed by atoms with E-state index in [0.717, 1.165) is 6.42 Å². The van der Waals surface area contributed by atoms with E-state index in [1.165, 1.54) is 12.4 Å². The Balaban J connectivity index is 1.63. The SMILES string of the molecule is O=C(c1ccc[n+]([O-])c1)N1CCC(Oc2cnccn2)C1. The molecule has 0 aromatic carbocycles. The predicted molar refractivity (Wildman–Crippen MR) is 72.4 cm³/mol. The number of hydrogen-bond donors (Lipinski definition) is 0. The molecule has 0 saturated carbocycles. The van der Waals surface area contributed by atoms with Crippen LogP contribution in [0.5, 0.6) is 5.88 Å². The summed E-state index contributed by atoms with van der Waals surface area (Å²) in [4.78, 5) is 21.9. The lowest BCUT2D eigenvalue weighted by Crippen LogP contribution is -2.33. The Morgan fingerprint density at radius 2 is 2.38 bits per heavy atom. The van der Waals surface area contributed by atoms with Gasteiger partial charge in [-0.15, -0.1) is 0 Å². The maximum atomic E-state index is 12.3. The summed E-state index contributed by atoms with van der Waals surface area (Å²) in [5, 5.41) is 11.2. The summed E-state index contributed by atoms with van der Waals surface area (Å²) >= 11 is 0. The Hall–Kier alpha value is -2.70. The topological polar surface area (TPSA) is 82.3 Å². The number of rotatable bonds is 3. The third kappa shape index (κ3) is 3.07. The van der Waals surface area contributed by atoms with Gasteiger partial charge in [0.25, 0.3) is 5.91 Å². The van der Waals surface area contributed by atoms with Gasteiger partial charge in [-0.25, -0.2) is 4.98 Å². The largest absolute Gasteiger partial charge is 0.619 e. The van der Waals surface area contributed by atoms with E-state index in [1.54, 1.807) is 35.6 Å². The molecule has 7 heteroatoms. The van der Waals surface area contributed by atoms with Crippen molar-refractivity contribution in [1.29, 1.82) is 0 Å². The highest BCUT2D eigenvalue weighted by atomic mass is 16.5. The summed E-state index contributed by atoms with van der Waals surface area (Å²) in [7, 11) is 0. The second-order valence-electron chi connectivity index (χ2n) is 4.78. The van der Waals surface area contributed by atoms with Crippen LogP contribution in [0.25, 0.3) is 0 Å². The molecular formula is C14H14N4O3. The van der Waals surface area contributed by atoms with E-state index in [1.807, 2.05) is 0 Å². The quantitative estimate of drug-likeness (QED) is 0.602. The summed E-state index contributed by atoms with van der Waals surface area (Å²) < 4.78 is 6.30. The van der Waals surface area contributed by atoms with E-state index < -0.39 is 0 Å². The van der Waals surface area contributed by atoms with Crippen LogP contribution in [0.15, 0.2) is 43.1 Å². The van der Waals surface area contributed by atoms with Crippen molar-refractivity contribution in [2.24, 2.45) is 0 Å². The molecule has 3 rings (SSSR count). The maximum Gasteiger partial charge on any atom is 0.260 e. The second-order valence-corrected chi connectivity index (χ2v) is 4.78. The average Bonchev–Trinajstić information content (AvgIpc) is 2.96. The van der Waals surface area contributed by atoms with E-state index in [0.29, 0.717) is 29.3 Å². The number of ether oxygens (including phenoxy) is 1. The zero-order chi connectivity index (χ0) is 14.7. The van der Waals surface area contributed by atoms with E-state index in [-0.39, 0.29) is 12.0 Å². The van der Waals surface area contributed by atoms with Crippen molar-refractivity contribution in [3.8, 4) is 5.88 Å². The van der Waals surface area contributed by atoms with Gasteiger partial charge in [0.2, 0.25) is 5.88 Å². The first-order valence-corrected chi connectivity index (χ1v) is 6.63. The molecule has 0 spiro atoms. The van der Waals surface area contributed by atoms with Crippen molar-refractivity contribution in [1.82, 2.24) is 14.9 Å². The smallest absolute Gasteiger partial charge is 0.260 e. The van der Waals surface area contributed by atoms with Gasteiger partial charge in [-0.2, -0.15) is 4.73 Å². The van der Waals surface area contributed by atoms with E-state index in [2.05, 4.69) is 9.97 Å². The Labute approximate surface area is 121 Å². The number of nitrogens with zero attached hydrogens (tertiary/aromatic N) is 4. The number of pyridine rings is 1. The van der Waals surface area contributed by atoms with Crippen molar-refractivity contribution in [2.45, 2.75) is 12.5 Å². The molecule has 0 bridgehead atoms. The molecule has 3 heterocycles. The van der Waals surface area contributed by atoms with Gasteiger partial charge < -0.3 is 14.8 Å². The molecule has 1 unspecified atom stereocenters. The van der Waals surface area contributed by atoms with E-state index in [9.17, 15) is 10.0 Å². The Kier molecular flexibility index (Phi) is 3.63. The maximum absolute atomic E-state index is 12.3. The van der Waals surface area contributed by atoms with Crippen molar-refractivity contribution in [2.75, 3.05) is 13.1 Å². The number of carbonyl (C=O) groups excluding carboxylic acids is 1. The van der Waals surface area contributed by atoms with Crippen LogP contribution in [0.3, 0.4) is 0 Å². The molecule has 7 nitrogen and oxygen atoms in total. The monoisotopic (exact) mass is 286 g/mol. The minimum atomic E-state index is -0.162. The summed E-state index contributed by atoms with van der Waals surface area (Å²) in [6.07, 6.45) is 7.93. The normalized spacial score (nSPS) is 17.7. The molecular weight excluding hydrogens is 272 g/mol. The van der Waals surface area contributed by atoms with Gasteiger partial charge in [-0.05, 0) is 6.07 Å². The molecule has 1 amide bonds. The minimum absolute atomic E-state index is 0.103. The molecule has 0 N–H and O–H groups in total. The fourth-order valence-electron chi connectivity index (χ4n) is 2.29. The molecule has 2 aromatic rings. The van der Waals surface area contributed by atoms with Crippen LogP contribution in [-0.2, 0) is 0 Å². The van der Waals surface area contributed by atoms with Crippen LogP contribution in [-0.4, -0.2) is 40.0 Å². The van der Waals surface area contributed by atoms with E-state index in [4.69, 9.17) is 4.74 Å². The van der Waals surface area contributed by atoms with Gasteiger partial charge in [0.1, 0.15) is 11.7 Å². The zero-order valence-corrected chi connectivity index (χ0v) is 11.3. The van der Waals surface area contributed by atoms with Gasteiger partial charge >= 0.3 is 0 Å². The fourth-order valence-corrected chi connectivity index (χ4v) is 2.29. The van der Waals surface area contributed by atoms with Crippen LogP contribution in [0, 0.1) is 5.21 Å². The first kappa shape index (κ1) is 13.3. The Morgan fingerprint density at radius 3 is 3.14 bits per heavy atom. The lowest BCUT2D eigenvalue weighted by atomic mass is 10.2. The molecule has 0 aliphatic carbocycles. The Bertz CT molecular complexity index is 635. The zero-order valence-electron chi connectivity index (χ0n) is 11.3. The molecule has 108 valence electrons. The van der Waals surface area contributed by atoms with Crippen molar-refractivity contribution >= 4 is 5.91 Å². The average molecular weight is 286 g/mol. The number of likely N-dealkylation sites (tertiary alicyclic amines) is 1. The molecule has 21 heavy (non-hydrogen) atoms. The third-order valence-corrected chi connectivity index (χ3v) is 3.28. The fraction of sp³-hybridized carbons (Fsp3) is 0.286. The van der Waals surface area contributed by atoms with Crippen molar-refractivity contribution in [3.05, 3.63) is 53.9 Å². The van der Waals surface area contributed by atoms with Gasteiger partial charge in [0.05, 0.1) is 12.7 Å². The lowest BCUT2D eigenvalue weighted by molar-refractivity contribution is -0.605. The molecule has 1 aliphatic rings. The summed E-state index contributed by atoms with van der Waals surface area (Å²) in [6, 6.07) is 3.19. The Morgan fingerprint density at radius 1 is 1.48 bits per heavy atom. The van der Waals surface area contributed by atoms with Crippen LogP contribution in [0.2, 0.25) is 0 Å². The van der Waals surface area contributed by atoms with Crippen molar-refractivity contribution < 1.29 is 14.3 Å². The number of carbonyl (C=O) groups is 1.